The quantitative estimate of drug-likeness (QED) is 0.850. The Morgan fingerprint density at radius 2 is 2.30 bits per heavy atom. The van der Waals surface area contributed by atoms with Crippen molar-refractivity contribution in [1.82, 2.24) is 19.7 Å². The number of likely N-dealkylation sites (tertiary alicyclic amines) is 1. The lowest BCUT2D eigenvalue weighted by molar-refractivity contribution is -0.140. The zero-order valence-electron chi connectivity index (χ0n) is 10.6. The summed E-state index contributed by atoms with van der Waals surface area (Å²) in [5.74, 6) is 0.566. The Bertz CT molecular complexity index is 579. The SMILES string of the molecule is O=C(Cn1cccn1)N1CC(Oc2ccc(Cl)cn2)C1. The maximum atomic E-state index is 11.9. The van der Waals surface area contributed by atoms with Crippen LogP contribution < -0.4 is 4.74 Å². The molecule has 1 amide bonds. The summed E-state index contributed by atoms with van der Waals surface area (Å²) >= 11 is 5.75. The van der Waals surface area contributed by atoms with Crippen LogP contribution >= 0.6 is 11.6 Å². The van der Waals surface area contributed by atoms with Crippen LogP contribution in [0, 0.1) is 0 Å². The second kappa shape index (κ2) is 5.50. The lowest BCUT2D eigenvalue weighted by Crippen LogP contribution is -2.57. The average Bonchev–Trinajstić information content (AvgIpc) is 2.88. The Kier molecular flexibility index (Phi) is 3.56. The van der Waals surface area contributed by atoms with E-state index in [1.165, 1.54) is 6.20 Å². The molecule has 2 aromatic rings. The molecular weight excluding hydrogens is 280 g/mol. The van der Waals surface area contributed by atoms with Gasteiger partial charge in [0.25, 0.3) is 0 Å². The van der Waals surface area contributed by atoms with Crippen LogP contribution in [-0.4, -0.2) is 44.8 Å². The van der Waals surface area contributed by atoms with Gasteiger partial charge in [0.15, 0.2) is 0 Å². The smallest absolute Gasteiger partial charge is 0.244 e. The molecule has 2 aromatic heterocycles. The molecule has 3 heterocycles. The van der Waals surface area contributed by atoms with E-state index < -0.39 is 0 Å². The first-order valence-electron chi connectivity index (χ1n) is 6.24. The van der Waals surface area contributed by atoms with Gasteiger partial charge in [-0.15, -0.1) is 0 Å². The highest BCUT2D eigenvalue weighted by molar-refractivity contribution is 6.30. The molecule has 1 aliphatic rings. The van der Waals surface area contributed by atoms with Crippen molar-refractivity contribution in [3.63, 3.8) is 0 Å². The van der Waals surface area contributed by atoms with Gasteiger partial charge >= 0.3 is 0 Å². The molecule has 1 saturated heterocycles. The standard InChI is InChI=1S/C13H13ClN4O2/c14-10-2-3-12(15-6-10)20-11-7-17(8-11)13(19)9-18-5-1-4-16-18/h1-6,11H,7-9H2. The lowest BCUT2D eigenvalue weighted by atomic mass is 10.1. The van der Waals surface area contributed by atoms with Crippen LogP contribution in [-0.2, 0) is 11.3 Å². The topological polar surface area (TPSA) is 60.2 Å². The number of carbonyl (C=O) groups is 1. The van der Waals surface area contributed by atoms with Crippen LogP contribution in [0.4, 0.5) is 0 Å². The lowest BCUT2D eigenvalue weighted by Gasteiger charge is -2.38. The minimum Gasteiger partial charge on any atom is -0.471 e. The largest absolute Gasteiger partial charge is 0.471 e. The van der Waals surface area contributed by atoms with Gasteiger partial charge in [0, 0.05) is 24.7 Å². The van der Waals surface area contributed by atoms with Crippen molar-refractivity contribution in [3.8, 4) is 5.88 Å². The van der Waals surface area contributed by atoms with Crippen LogP contribution in [0.1, 0.15) is 0 Å². The maximum absolute atomic E-state index is 11.9. The normalized spacial score (nSPS) is 14.9. The first-order valence-corrected chi connectivity index (χ1v) is 6.62. The van der Waals surface area contributed by atoms with Gasteiger partial charge in [0.2, 0.25) is 11.8 Å². The van der Waals surface area contributed by atoms with Gasteiger partial charge in [0.1, 0.15) is 12.6 Å². The van der Waals surface area contributed by atoms with Gasteiger partial charge in [-0.1, -0.05) is 11.6 Å². The van der Waals surface area contributed by atoms with Crippen molar-refractivity contribution in [2.45, 2.75) is 12.6 Å². The molecule has 20 heavy (non-hydrogen) atoms. The Labute approximate surface area is 120 Å². The van der Waals surface area contributed by atoms with E-state index in [2.05, 4.69) is 10.1 Å². The molecule has 0 N–H and O–H groups in total. The second-order valence-corrected chi connectivity index (χ2v) is 4.99. The average molecular weight is 293 g/mol. The molecule has 0 spiro atoms. The predicted molar refractivity (Wildman–Crippen MR) is 72.5 cm³/mol. The Balaban J connectivity index is 1.46. The van der Waals surface area contributed by atoms with Crippen molar-refractivity contribution >= 4 is 17.5 Å². The summed E-state index contributed by atoms with van der Waals surface area (Å²) in [4.78, 5) is 17.7. The molecular formula is C13H13ClN4O2. The molecule has 0 unspecified atom stereocenters. The summed E-state index contributed by atoms with van der Waals surface area (Å²) in [6.45, 7) is 1.41. The number of hydrogen-bond donors (Lipinski definition) is 0. The Hall–Kier alpha value is -2.08. The van der Waals surface area contributed by atoms with Gasteiger partial charge in [-0.25, -0.2) is 4.98 Å². The van der Waals surface area contributed by atoms with Crippen molar-refractivity contribution < 1.29 is 9.53 Å². The fourth-order valence-corrected chi connectivity index (χ4v) is 2.06. The number of carbonyl (C=O) groups excluding carboxylic acids is 1. The zero-order chi connectivity index (χ0) is 13.9. The van der Waals surface area contributed by atoms with E-state index in [1.807, 2.05) is 0 Å². The van der Waals surface area contributed by atoms with Crippen LogP contribution in [0.25, 0.3) is 0 Å². The number of nitrogens with zero attached hydrogens (tertiary/aromatic N) is 4. The fraction of sp³-hybridized carbons (Fsp3) is 0.308. The molecule has 1 aliphatic heterocycles. The molecule has 0 bridgehead atoms. The highest BCUT2D eigenvalue weighted by atomic mass is 35.5. The molecule has 3 rings (SSSR count). The van der Waals surface area contributed by atoms with Gasteiger partial charge in [-0.05, 0) is 12.1 Å². The number of rotatable bonds is 4. The van der Waals surface area contributed by atoms with E-state index in [0.717, 1.165) is 0 Å². The molecule has 1 fully saturated rings. The third-order valence-corrected chi connectivity index (χ3v) is 3.27. The molecule has 0 saturated carbocycles. The minimum atomic E-state index is -0.00903. The van der Waals surface area contributed by atoms with Crippen molar-refractivity contribution in [3.05, 3.63) is 41.8 Å². The van der Waals surface area contributed by atoms with Crippen LogP contribution in [0.5, 0.6) is 5.88 Å². The molecule has 0 atom stereocenters. The number of aromatic nitrogens is 3. The summed E-state index contributed by atoms with van der Waals surface area (Å²) in [5, 5.41) is 4.58. The molecule has 0 aliphatic carbocycles. The van der Waals surface area contributed by atoms with Crippen LogP contribution in [0.15, 0.2) is 36.8 Å². The first kappa shape index (κ1) is 12.9. The van der Waals surface area contributed by atoms with Crippen molar-refractivity contribution in [2.24, 2.45) is 0 Å². The second-order valence-electron chi connectivity index (χ2n) is 4.56. The summed E-state index contributed by atoms with van der Waals surface area (Å²) in [7, 11) is 0. The summed E-state index contributed by atoms with van der Waals surface area (Å²) in [6.07, 6.45) is 4.95. The first-order chi connectivity index (χ1) is 9.70. The van der Waals surface area contributed by atoms with Gasteiger partial charge in [0.05, 0.1) is 18.1 Å². The maximum Gasteiger partial charge on any atom is 0.244 e. The third kappa shape index (κ3) is 2.91. The van der Waals surface area contributed by atoms with E-state index in [9.17, 15) is 4.79 Å². The van der Waals surface area contributed by atoms with E-state index >= 15 is 0 Å². The van der Waals surface area contributed by atoms with Crippen molar-refractivity contribution in [2.75, 3.05) is 13.1 Å². The van der Waals surface area contributed by atoms with Crippen molar-refractivity contribution in [1.29, 1.82) is 0 Å². The number of pyridine rings is 1. The molecule has 7 heteroatoms. The van der Waals surface area contributed by atoms with Gasteiger partial charge < -0.3 is 9.64 Å². The number of halogens is 1. The monoisotopic (exact) mass is 292 g/mol. The van der Waals surface area contributed by atoms with E-state index in [4.69, 9.17) is 16.3 Å². The third-order valence-electron chi connectivity index (χ3n) is 3.04. The highest BCUT2D eigenvalue weighted by Crippen LogP contribution is 2.18. The molecule has 104 valence electrons. The minimum absolute atomic E-state index is 0.00903. The zero-order valence-corrected chi connectivity index (χ0v) is 11.4. The highest BCUT2D eigenvalue weighted by Gasteiger charge is 2.32. The number of hydrogen-bond acceptors (Lipinski definition) is 4. The molecule has 0 aromatic carbocycles. The number of amides is 1. The number of ether oxygens (including phenoxy) is 1. The van der Waals surface area contributed by atoms with E-state index in [0.29, 0.717) is 24.0 Å². The molecule has 6 nitrogen and oxygen atoms in total. The van der Waals surface area contributed by atoms with Crippen LogP contribution in [0.2, 0.25) is 5.02 Å². The predicted octanol–water partition coefficient (Wildman–Crippen LogP) is 1.22. The summed E-state index contributed by atoms with van der Waals surface area (Å²) < 4.78 is 7.24. The van der Waals surface area contributed by atoms with Gasteiger partial charge in [-0.2, -0.15) is 5.10 Å². The fourth-order valence-electron chi connectivity index (χ4n) is 1.95. The van der Waals surface area contributed by atoms with Crippen LogP contribution in [0.3, 0.4) is 0 Å². The molecule has 0 radical (unpaired) electrons. The summed E-state index contributed by atoms with van der Waals surface area (Å²) in [5.41, 5.74) is 0. The van der Waals surface area contributed by atoms with Gasteiger partial charge in [-0.3, -0.25) is 9.48 Å². The van der Waals surface area contributed by atoms with E-state index in [-0.39, 0.29) is 18.6 Å². The van der Waals surface area contributed by atoms with E-state index in [1.54, 1.807) is 40.2 Å². The Morgan fingerprint density at radius 1 is 1.45 bits per heavy atom. The summed E-state index contributed by atoms with van der Waals surface area (Å²) in [6, 6.07) is 5.24. The Morgan fingerprint density at radius 3 is 2.95 bits per heavy atom.